The molecule has 0 saturated carbocycles. The Morgan fingerprint density at radius 2 is 2.04 bits per heavy atom. The highest BCUT2D eigenvalue weighted by molar-refractivity contribution is 5.67. The van der Waals surface area contributed by atoms with Crippen LogP contribution in [0.2, 0.25) is 0 Å². The van der Waals surface area contributed by atoms with Crippen molar-refractivity contribution in [1.82, 2.24) is 0 Å². The molecule has 0 aliphatic carbocycles. The lowest BCUT2D eigenvalue weighted by molar-refractivity contribution is -0.274. The van der Waals surface area contributed by atoms with Crippen molar-refractivity contribution >= 4 is 11.7 Å². The van der Waals surface area contributed by atoms with Crippen molar-refractivity contribution in [3.63, 3.8) is 0 Å². The molecular formula is C17H19F4NO4. The van der Waals surface area contributed by atoms with E-state index in [2.05, 4.69) is 4.74 Å². The number of benzene rings is 1. The molecule has 1 spiro atoms. The first-order chi connectivity index (χ1) is 12.2. The van der Waals surface area contributed by atoms with Crippen LogP contribution in [0.3, 0.4) is 0 Å². The molecule has 0 aromatic heterocycles. The second kappa shape index (κ2) is 6.94. The Kier molecular flexibility index (Phi) is 5.01. The molecule has 3 rings (SSSR count). The van der Waals surface area contributed by atoms with Gasteiger partial charge < -0.3 is 19.5 Å². The van der Waals surface area contributed by atoms with E-state index in [0.29, 0.717) is 39.0 Å². The number of anilines is 1. The molecule has 1 unspecified atom stereocenters. The molecule has 2 heterocycles. The summed E-state index contributed by atoms with van der Waals surface area (Å²) in [6, 6.07) is 2.94. The Morgan fingerprint density at radius 3 is 2.65 bits per heavy atom. The van der Waals surface area contributed by atoms with E-state index in [1.807, 2.05) is 0 Å². The Morgan fingerprint density at radius 1 is 1.35 bits per heavy atom. The normalized spacial score (nSPS) is 22.6. The van der Waals surface area contributed by atoms with Crippen molar-refractivity contribution in [3.05, 3.63) is 24.0 Å². The zero-order valence-electron chi connectivity index (χ0n) is 13.9. The molecule has 2 aliphatic heterocycles. The summed E-state index contributed by atoms with van der Waals surface area (Å²) < 4.78 is 60.9. The van der Waals surface area contributed by atoms with Gasteiger partial charge in [0.05, 0.1) is 24.3 Å². The second-order valence-corrected chi connectivity index (χ2v) is 6.81. The van der Waals surface area contributed by atoms with Gasteiger partial charge in [-0.3, -0.25) is 4.79 Å². The average molecular weight is 377 g/mol. The fourth-order valence-corrected chi connectivity index (χ4v) is 3.75. The van der Waals surface area contributed by atoms with Gasteiger partial charge in [0.2, 0.25) is 0 Å². The molecular weight excluding hydrogens is 358 g/mol. The van der Waals surface area contributed by atoms with Gasteiger partial charge in [-0.05, 0) is 37.3 Å². The lowest BCUT2D eigenvalue weighted by Crippen LogP contribution is -2.44. The summed E-state index contributed by atoms with van der Waals surface area (Å²) >= 11 is 0. The van der Waals surface area contributed by atoms with E-state index in [-0.39, 0.29) is 18.0 Å². The van der Waals surface area contributed by atoms with Gasteiger partial charge in [0, 0.05) is 19.2 Å². The predicted octanol–water partition coefficient (Wildman–Crippen LogP) is 3.57. The quantitative estimate of drug-likeness (QED) is 0.813. The van der Waals surface area contributed by atoms with E-state index >= 15 is 0 Å². The van der Waals surface area contributed by atoms with Crippen molar-refractivity contribution in [2.45, 2.75) is 37.6 Å². The molecule has 2 aliphatic rings. The van der Waals surface area contributed by atoms with Gasteiger partial charge in [0.15, 0.2) is 0 Å². The number of alkyl halides is 3. The van der Waals surface area contributed by atoms with Crippen LogP contribution in [-0.4, -0.2) is 42.7 Å². The Labute approximate surface area is 147 Å². The van der Waals surface area contributed by atoms with Gasteiger partial charge in [0.1, 0.15) is 11.6 Å². The van der Waals surface area contributed by atoms with Crippen LogP contribution >= 0.6 is 0 Å². The summed E-state index contributed by atoms with van der Waals surface area (Å²) in [6.07, 6.45) is -3.03. The predicted molar refractivity (Wildman–Crippen MR) is 83.6 cm³/mol. The summed E-state index contributed by atoms with van der Waals surface area (Å²) in [6.45, 7) is 1.20. The molecule has 1 aromatic rings. The maximum atomic E-state index is 14.1. The molecule has 0 bridgehead atoms. The molecule has 9 heteroatoms. The minimum Gasteiger partial charge on any atom is -0.481 e. The standard InChI is InChI=1S/C17H19F4NO4/c18-13-2-1-12(26-17(19,20)21)8-14(13)22-5-3-16(4-6-22)9-11(10-25-16)7-15(23)24/h1-2,8,11H,3-7,9-10H2,(H,23,24). The molecule has 26 heavy (non-hydrogen) atoms. The zero-order valence-corrected chi connectivity index (χ0v) is 13.9. The number of hydrogen-bond acceptors (Lipinski definition) is 4. The lowest BCUT2D eigenvalue weighted by Gasteiger charge is -2.40. The number of halogens is 4. The van der Waals surface area contributed by atoms with Crippen molar-refractivity contribution < 1.29 is 36.9 Å². The molecule has 2 saturated heterocycles. The highest BCUT2D eigenvalue weighted by Crippen LogP contribution is 2.41. The first kappa shape index (κ1) is 18.8. The van der Waals surface area contributed by atoms with E-state index in [1.54, 1.807) is 4.90 Å². The van der Waals surface area contributed by atoms with Gasteiger partial charge >= 0.3 is 12.3 Å². The Bertz CT molecular complexity index is 671. The maximum absolute atomic E-state index is 14.1. The largest absolute Gasteiger partial charge is 0.573 e. The number of piperidine rings is 1. The van der Waals surface area contributed by atoms with Gasteiger partial charge in [-0.25, -0.2) is 4.39 Å². The highest BCUT2D eigenvalue weighted by atomic mass is 19.4. The number of aliphatic carboxylic acids is 1. The third-order valence-electron chi connectivity index (χ3n) is 4.92. The molecule has 1 aromatic carbocycles. The van der Waals surface area contributed by atoms with Crippen LogP contribution in [0.5, 0.6) is 5.75 Å². The number of carbonyl (C=O) groups is 1. The summed E-state index contributed by atoms with van der Waals surface area (Å²) in [5.41, 5.74) is -0.366. The second-order valence-electron chi connectivity index (χ2n) is 6.81. The SMILES string of the molecule is O=C(O)CC1COC2(CCN(c3cc(OC(F)(F)F)ccc3F)CC2)C1. The summed E-state index contributed by atoms with van der Waals surface area (Å²) in [5.74, 6) is -1.99. The molecule has 1 atom stereocenters. The molecule has 1 N–H and O–H groups in total. The number of carboxylic acid groups (broad SMARTS) is 1. The molecule has 0 amide bonds. The minimum absolute atomic E-state index is 0.0423. The van der Waals surface area contributed by atoms with E-state index in [1.165, 1.54) is 0 Å². The number of hydrogen-bond donors (Lipinski definition) is 1. The first-order valence-electron chi connectivity index (χ1n) is 8.32. The average Bonchev–Trinajstić information content (AvgIpc) is 2.90. The first-order valence-corrected chi connectivity index (χ1v) is 8.32. The van der Waals surface area contributed by atoms with Crippen LogP contribution in [0.4, 0.5) is 23.2 Å². The summed E-state index contributed by atoms with van der Waals surface area (Å²) in [5, 5.41) is 8.89. The third-order valence-corrected chi connectivity index (χ3v) is 4.92. The number of nitrogens with zero attached hydrogens (tertiary/aromatic N) is 1. The number of ether oxygens (including phenoxy) is 2. The van der Waals surface area contributed by atoms with Gasteiger partial charge in [-0.15, -0.1) is 13.2 Å². The Hall–Kier alpha value is -2.03. The fraction of sp³-hybridized carbons (Fsp3) is 0.588. The van der Waals surface area contributed by atoms with Crippen LogP contribution in [0.25, 0.3) is 0 Å². The Balaban J connectivity index is 1.65. The number of rotatable bonds is 4. The molecule has 2 fully saturated rings. The smallest absolute Gasteiger partial charge is 0.481 e. The van der Waals surface area contributed by atoms with Gasteiger partial charge in [-0.2, -0.15) is 0 Å². The third kappa shape index (κ3) is 4.38. The fourth-order valence-electron chi connectivity index (χ4n) is 3.75. The van der Waals surface area contributed by atoms with E-state index < -0.39 is 29.5 Å². The van der Waals surface area contributed by atoms with Crippen LogP contribution in [-0.2, 0) is 9.53 Å². The van der Waals surface area contributed by atoms with Crippen molar-refractivity contribution in [2.75, 3.05) is 24.6 Å². The molecule has 5 nitrogen and oxygen atoms in total. The van der Waals surface area contributed by atoms with Crippen molar-refractivity contribution in [1.29, 1.82) is 0 Å². The van der Waals surface area contributed by atoms with Gasteiger partial charge in [-0.1, -0.05) is 0 Å². The van der Waals surface area contributed by atoms with Crippen LogP contribution in [0, 0.1) is 11.7 Å². The van der Waals surface area contributed by atoms with Crippen LogP contribution in [0.1, 0.15) is 25.7 Å². The van der Waals surface area contributed by atoms with Gasteiger partial charge in [0.25, 0.3) is 0 Å². The van der Waals surface area contributed by atoms with Crippen LogP contribution < -0.4 is 9.64 Å². The maximum Gasteiger partial charge on any atom is 0.573 e. The van der Waals surface area contributed by atoms with Crippen molar-refractivity contribution in [3.8, 4) is 5.75 Å². The lowest BCUT2D eigenvalue weighted by atomic mass is 9.84. The summed E-state index contributed by atoms with van der Waals surface area (Å²) in [4.78, 5) is 12.5. The monoisotopic (exact) mass is 377 g/mol. The zero-order chi connectivity index (χ0) is 18.9. The van der Waals surface area contributed by atoms with Crippen LogP contribution in [0.15, 0.2) is 18.2 Å². The minimum atomic E-state index is -4.84. The summed E-state index contributed by atoms with van der Waals surface area (Å²) in [7, 11) is 0. The molecule has 0 radical (unpaired) electrons. The van der Waals surface area contributed by atoms with E-state index in [4.69, 9.17) is 9.84 Å². The van der Waals surface area contributed by atoms with E-state index in [0.717, 1.165) is 18.2 Å². The topological polar surface area (TPSA) is 59.0 Å². The highest BCUT2D eigenvalue weighted by Gasteiger charge is 2.43. The van der Waals surface area contributed by atoms with E-state index in [9.17, 15) is 22.4 Å². The molecule has 144 valence electrons. The van der Waals surface area contributed by atoms with Crippen molar-refractivity contribution in [2.24, 2.45) is 5.92 Å². The number of carboxylic acids is 1.